The molecule has 0 fully saturated rings. The van der Waals surface area contributed by atoms with Crippen LogP contribution in [0.1, 0.15) is 26.3 Å². The summed E-state index contributed by atoms with van der Waals surface area (Å²) in [6.45, 7) is 7.48. The van der Waals surface area contributed by atoms with E-state index >= 15 is 0 Å². The Morgan fingerprint density at radius 3 is 2.47 bits per heavy atom. The first-order valence-electron chi connectivity index (χ1n) is 6.11. The van der Waals surface area contributed by atoms with E-state index in [1.54, 1.807) is 0 Å². The van der Waals surface area contributed by atoms with Crippen molar-refractivity contribution in [3.8, 4) is 0 Å². The van der Waals surface area contributed by atoms with E-state index in [2.05, 4.69) is 5.32 Å². The highest BCUT2D eigenvalue weighted by Crippen LogP contribution is 2.19. The summed E-state index contributed by atoms with van der Waals surface area (Å²) in [5, 5.41) is 12.9. The van der Waals surface area contributed by atoms with Crippen molar-refractivity contribution < 1.29 is 9.84 Å². The standard InChI is InChI=1S/C14H23NO2/c1-12(2)17-10-9-15-14(3,11-16)13-7-5-4-6-8-13/h4-8,12,15-16H,9-11H2,1-3H3. The Hall–Kier alpha value is -0.900. The maximum Gasteiger partial charge on any atom is 0.0652 e. The summed E-state index contributed by atoms with van der Waals surface area (Å²) in [6.07, 6.45) is 0.244. The number of rotatable bonds is 7. The summed E-state index contributed by atoms with van der Waals surface area (Å²) in [6, 6.07) is 9.98. The number of aliphatic hydroxyl groups excluding tert-OH is 1. The van der Waals surface area contributed by atoms with Gasteiger partial charge in [-0.05, 0) is 26.3 Å². The Labute approximate surface area is 104 Å². The van der Waals surface area contributed by atoms with Crippen LogP contribution in [0.2, 0.25) is 0 Å². The summed E-state index contributed by atoms with van der Waals surface area (Å²) in [5.41, 5.74) is 0.689. The van der Waals surface area contributed by atoms with Gasteiger partial charge in [0.1, 0.15) is 0 Å². The Bertz CT molecular complexity index is 313. The van der Waals surface area contributed by atoms with Crippen molar-refractivity contribution in [2.24, 2.45) is 0 Å². The minimum Gasteiger partial charge on any atom is -0.394 e. The second kappa shape index (κ2) is 6.74. The predicted octanol–water partition coefficient (Wildman–Crippen LogP) is 1.91. The molecule has 0 bridgehead atoms. The van der Waals surface area contributed by atoms with E-state index in [9.17, 15) is 5.11 Å². The lowest BCUT2D eigenvalue weighted by molar-refractivity contribution is 0.0714. The normalized spacial score (nSPS) is 14.9. The van der Waals surface area contributed by atoms with Crippen LogP contribution >= 0.6 is 0 Å². The van der Waals surface area contributed by atoms with E-state index in [-0.39, 0.29) is 12.7 Å². The molecule has 0 saturated carbocycles. The maximum atomic E-state index is 9.54. The third-order valence-electron chi connectivity index (χ3n) is 2.80. The van der Waals surface area contributed by atoms with Crippen molar-refractivity contribution in [2.75, 3.05) is 19.8 Å². The smallest absolute Gasteiger partial charge is 0.0652 e. The lowest BCUT2D eigenvalue weighted by Gasteiger charge is -2.29. The highest BCUT2D eigenvalue weighted by molar-refractivity contribution is 5.23. The molecule has 1 aromatic carbocycles. The number of aliphatic hydroxyl groups is 1. The molecule has 2 N–H and O–H groups in total. The van der Waals surface area contributed by atoms with Gasteiger partial charge in [-0.1, -0.05) is 30.3 Å². The number of hydrogen-bond donors (Lipinski definition) is 2. The SMILES string of the molecule is CC(C)OCCNC(C)(CO)c1ccccc1. The molecule has 0 aliphatic rings. The summed E-state index contributed by atoms with van der Waals surface area (Å²) < 4.78 is 5.47. The van der Waals surface area contributed by atoms with Gasteiger partial charge in [-0.25, -0.2) is 0 Å². The first-order chi connectivity index (χ1) is 8.08. The van der Waals surface area contributed by atoms with Crippen molar-refractivity contribution in [2.45, 2.75) is 32.4 Å². The molecule has 0 aliphatic heterocycles. The molecule has 0 spiro atoms. The molecule has 1 rings (SSSR count). The van der Waals surface area contributed by atoms with E-state index < -0.39 is 5.54 Å². The van der Waals surface area contributed by atoms with Crippen LogP contribution in [0.4, 0.5) is 0 Å². The number of ether oxygens (including phenoxy) is 1. The molecule has 1 unspecified atom stereocenters. The van der Waals surface area contributed by atoms with Crippen molar-refractivity contribution in [3.63, 3.8) is 0 Å². The largest absolute Gasteiger partial charge is 0.394 e. The third kappa shape index (κ3) is 4.46. The van der Waals surface area contributed by atoms with Crippen molar-refractivity contribution in [1.29, 1.82) is 0 Å². The molecule has 0 radical (unpaired) electrons. The fraction of sp³-hybridized carbons (Fsp3) is 0.571. The fourth-order valence-corrected chi connectivity index (χ4v) is 1.68. The van der Waals surface area contributed by atoms with E-state index in [4.69, 9.17) is 4.74 Å². The van der Waals surface area contributed by atoms with Crippen molar-refractivity contribution >= 4 is 0 Å². The Morgan fingerprint density at radius 2 is 1.94 bits per heavy atom. The molecule has 3 nitrogen and oxygen atoms in total. The Kier molecular flexibility index (Phi) is 5.62. The highest BCUT2D eigenvalue weighted by atomic mass is 16.5. The van der Waals surface area contributed by atoms with Crippen molar-refractivity contribution in [3.05, 3.63) is 35.9 Å². The first kappa shape index (κ1) is 14.2. The molecule has 1 aromatic rings. The van der Waals surface area contributed by atoms with Crippen LogP contribution in [-0.4, -0.2) is 31.0 Å². The lowest BCUT2D eigenvalue weighted by atomic mass is 9.93. The van der Waals surface area contributed by atoms with E-state index in [0.29, 0.717) is 6.61 Å². The van der Waals surface area contributed by atoms with Crippen LogP contribution in [0.25, 0.3) is 0 Å². The summed E-state index contributed by atoms with van der Waals surface area (Å²) in [7, 11) is 0. The maximum absolute atomic E-state index is 9.54. The summed E-state index contributed by atoms with van der Waals surface area (Å²) in [4.78, 5) is 0. The van der Waals surface area contributed by atoms with Gasteiger partial charge in [0.25, 0.3) is 0 Å². The molecule has 17 heavy (non-hydrogen) atoms. The van der Waals surface area contributed by atoms with Gasteiger partial charge in [-0.15, -0.1) is 0 Å². The van der Waals surface area contributed by atoms with Crippen LogP contribution in [0.5, 0.6) is 0 Å². The zero-order valence-corrected chi connectivity index (χ0v) is 10.9. The molecule has 0 saturated heterocycles. The third-order valence-corrected chi connectivity index (χ3v) is 2.80. The molecule has 96 valence electrons. The molecule has 0 aliphatic carbocycles. The number of nitrogens with one attached hydrogen (secondary N) is 1. The number of benzene rings is 1. The fourth-order valence-electron chi connectivity index (χ4n) is 1.68. The second-order valence-electron chi connectivity index (χ2n) is 4.70. The monoisotopic (exact) mass is 237 g/mol. The van der Waals surface area contributed by atoms with E-state index in [1.807, 2.05) is 51.1 Å². The van der Waals surface area contributed by atoms with Crippen LogP contribution in [-0.2, 0) is 10.3 Å². The zero-order valence-electron chi connectivity index (χ0n) is 10.9. The average molecular weight is 237 g/mol. The van der Waals surface area contributed by atoms with Gasteiger partial charge < -0.3 is 15.2 Å². The van der Waals surface area contributed by atoms with E-state index in [0.717, 1.165) is 12.1 Å². The molecular weight excluding hydrogens is 214 g/mol. The van der Waals surface area contributed by atoms with Gasteiger partial charge in [0, 0.05) is 6.54 Å². The number of hydrogen-bond acceptors (Lipinski definition) is 3. The Balaban J connectivity index is 2.52. The van der Waals surface area contributed by atoms with Crippen molar-refractivity contribution in [1.82, 2.24) is 5.32 Å². The van der Waals surface area contributed by atoms with Crippen LogP contribution in [0.3, 0.4) is 0 Å². The second-order valence-corrected chi connectivity index (χ2v) is 4.70. The molecular formula is C14H23NO2. The minimum absolute atomic E-state index is 0.0681. The van der Waals surface area contributed by atoms with Gasteiger partial charge in [0.2, 0.25) is 0 Å². The highest BCUT2D eigenvalue weighted by Gasteiger charge is 2.24. The molecule has 1 atom stereocenters. The topological polar surface area (TPSA) is 41.5 Å². The molecule has 0 aromatic heterocycles. The quantitative estimate of drug-likeness (QED) is 0.712. The first-order valence-corrected chi connectivity index (χ1v) is 6.11. The lowest BCUT2D eigenvalue weighted by Crippen LogP contribution is -2.44. The van der Waals surface area contributed by atoms with E-state index in [1.165, 1.54) is 0 Å². The summed E-state index contributed by atoms with van der Waals surface area (Å²) in [5.74, 6) is 0. The zero-order chi connectivity index (χ0) is 12.7. The van der Waals surface area contributed by atoms with Gasteiger partial charge in [0.05, 0.1) is 24.9 Å². The van der Waals surface area contributed by atoms with Gasteiger partial charge in [-0.2, -0.15) is 0 Å². The average Bonchev–Trinajstić information content (AvgIpc) is 2.35. The van der Waals surface area contributed by atoms with Crippen LogP contribution in [0.15, 0.2) is 30.3 Å². The van der Waals surface area contributed by atoms with Gasteiger partial charge >= 0.3 is 0 Å². The molecule has 3 heteroatoms. The molecule has 0 amide bonds. The van der Waals surface area contributed by atoms with Gasteiger partial charge in [-0.3, -0.25) is 0 Å². The predicted molar refractivity (Wildman–Crippen MR) is 70.0 cm³/mol. The minimum atomic E-state index is -0.401. The summed E-state index contributed by atoms with van der Waals surface area (Å²) >= 11 is 0. The van der Waals surface area contributed by atoms with Crippen LogP contribution in [0, 0.1) is 0 Å². The van der Waals surface area contributed by atoms with Crippen LogP contribution < -0.4 is 5.32 Å². The van der Waals surface area contributed by atoms with Gasteiger partial charge in [0.15, 0.2) is 0 Å². The Morgan fingerprint density at radius 1 is 1.29 bits per heavy atom. The molecule has 0 heterocycles.